The number of aromatic nitrogens is 2. The summed E-state index contributed by atoms with van der Waals surface area (Å²) in [6.07, 6.45) is 0. The highest BCUT2D eigenvalue weighted by Crippen LogP contribution is 2.22. The maximum absolute atomic E-state index is 12.8. The van der Waals surface area contributed by atoms with Crippen molar-refractivity contribution in [2.24, 2.45) is 0 Å². The summed E-state index contributed by atoms with van der Waals surface area (Å²) in [5.41, 5.74) is 2.55. The van der Waals surface area contributed by atoms with E-state index in [0.29, 0.717) is 23.5 Å². The minimum atomic E-state index is -0.343. The van der Waals surface area contributed by atoms with Crippen LogP contribution in [0.5, 0.6) is 0 Å². The lowest BCUT2D eigenvalue weighted by molar-refractivity contribution is -0.116. The molecule has 0 saturated heterocycles. The summed E-state index contributed by atoms with van der Waals surface area (Å²) < 4.78 is 1.59. The number of carbonyl (C=O) groups is 2. The standard InChI is InChI=1S/C21H21ClN4O2/c1-15-19(20(22)26(24-15)13-16-9-5-3-6-10-16)21(28)25(2)14-18(27)23-17-11-7-4-8-12-17/h3-12H,13-14H2,1-2H3,(H,23,27). The maximum atomic E-state index is 12.8. The van der Waals surface area contributed by atoms with Crippen LogP contribution < -0.4 is 5.32 Å². The van der Waals surface area contributed by atoms with Gasteiger partial charge in [0.25, 0.3) is 5.91 Å². The third-order valence-corrected chi connectivity index (χ3v) is 4.62. The summed E-state index contributed by atoms with van der Waals surface area (Å²) >= 11 is 6.44. The van der Waals surface area contributed by atoms with E-state index in [0.717, 1.165) is 5.56 Å². The van der Waals surface area contributed by atoms with Crippen molar-refractivity contribution < 1.29 is 9.59 Å². The first-order chi connectivity index (χ1) is 13.5. The molecular weight excluding hydrogens is 376 g/mol. The predicted molar refractivity (Wildman–Crippen MR) is 110 cm³/mol. The van der Waals surface area contributed by atoms with Crippen LogP contribution in [0.4, 0.5) is 5.69 Å². The zero-order valence-corrected chi connectivity index (χ0v) is 16.5. The number of amides is 2. The number of nitrogens with one attached hydrogen (secondary N) is 1. The molecule has 0 aliphatic carbocycles. The third kappa shape index (κ3) is 4.58. The second kappa shape index (κ2) is 8.71. The zero-order chi connectivity index (χ0) is 20.1. The number of rotatable bonds is 6. The number of anilines is 1. The van der Waals surface area contributed by atoms with Crippen molar-refractivity contribution in [1.29, 1.82) is 0 Å². The fraction of sp³-hybridized carbons (Fsp3) is 0.190. The summed E-state index contributed by atoms with van der Waals surface area (Å²) in [5.74, 6) is -0.627. The average molecular weight is 397 g/mol. The molecule has 0 saturated carbocycles. The molecule has 0 bridgehead atoms. The van der Waals surface area contributed by atoms with Gasteiger partial charge in [0.15, 0.2) is 0 Å². The van der Waals surface area contributed by atoms with E-state index in [1.54, 1.807) is 30.8 Å². The lowest BCUT2D eigenvalue weighted by atomic mass is 10.2. The molecule has 7 heteroatoms. The van der Waals surface area contributed by atoms with Gasteiger partial charge in [0.2, 0.25) is 5.91 Å². The minimum absolute atomic E-state index is 0.0899. The van der Waals surface area contributed by atoms with Crippen LogP contribution in [-0.2, 0) is 11.3 Å². The van der Waals surface area contributed by atoms with Gasteiger partial charge >= 0.3 is 0 Å². The second-order valence-electron chi connectivity index (χ2n) is 6.47. The smallest absolute Gasteiger partial charge is 0.259 e. The Bertz CT molecular complexity index is 971. The highest BCUT2D eigenvalue weighted by atomic mass is 35.5. The number of nitrogens with zero attached hydrogens (tertiary/aromatic N) is 3. The molecule has 0 fully saturated rings. The van der Waals surface area contributed by atoms with Crippen molar-refractivity contribution in [2.45, 2.75) is 13.5 Å². The monoisotopic (exact) mass is 396 g/mol. The van der Waals surface area contributed by atoms with Crippen LogP contribution in [0.1, 0.15) is 21.6 Å². The Morgan fingerprint density at radius 3 is 2.32 bits per heavy atom. The van der Waals surface area contributed by atoms with E-state index in [9.17, 15) is 9.59 Å². The van der Waals surface area contributed by atoms with Crippen LogP contribution in [0.3, 0.4) is 0 Å². The van der Waals surface area contributed by atoms with Crippen LogP contribution in [0, 0.1) is 6.92 Å². The van der Waals surface area contributed by atoms with Gasteiger partial charge in [-0.2, -0.15) is 5.10 Å². The molecule has 6 nitrogen and oxygen atoms in total. The predicted octanol–water partition coefficient (Wildman–Crippen LogP) is 3.60. The first-order valence-corrected chi connectivity index (χ1v) is 9.20. The van der Waals surface area contributed by atoms with Crippen molar-refractivity contribution >= 4 is 29.1 Å². The SMILES string of the molecule is Cc1nn(Cc2ccccc2)c(Cl)c1C(=O)N(C)CC(=O)Nc1ccccc1. The Kier molecular flexibility index (Phi) is 6.11. The molecule has 3 aromatic rings. The van der Waals surface area contributed by atoms with Gasteiger partial charge in [-0.15, -0.1) is 0 Å². The van der Waals surface area contributed by atoms with Crippen LogP contribution in [0.2, 0.25) is 5.15 Å². The third-order valence-electron chi connectivity index (χ3n) is 4.24. The summed E-state index contributed by atoms with van der Waals surface area (Å²) in [7, 11) is 1.57. The van der Waals surface area contributed by atoms with Crippen LogP contribution in [0.25, 0.3) is 0 Å². The first-order valence-electron chi connectivity index (χ1n) is 8.83. The van der Waals surface area contributed by atoms with Crippen LogP contribution >= 0.6 is 11.6 Å². The van der Waals surface area contributed by atoms with Gasteiger partial charge in [-0.25, -0.2) is 4.68 Å². The molecule has 144 valence electrons. The van der Waals surface area contributed by atoms with Gasteiger partial charge in [0, 0.05) is 12.7 Å². The summed E-state index contributed by atoms with van der Waals surface area (Å²) in [6, 6.07) is 18.8. The number of hydrogen-bond donors (Lipinski definition) is 1. The Morgan fingerprint density at radius 2 is 1.68 bits per heavy atom. The highest BCUT2D eigenvalue weighted by molar-refractivity contribution is 6.33. The molecule has 2 aromatic carbocycles. The number of aryl methyl sites for hydroxylation is 1. The van der Waals surface area contributed by atoms with Gasteiger partial charge in [-0.3, -0.25) is 9.59 Å². The molecule has 0 aliphatic rings. The number of carbonyl (C=O) groups excluding carboxylic acids is 2. The van der Waals surface area contributed by atoms with Crippen molar-refractivity contribution in [2.75, 3.05) is 18.9 Å². The van der Waals surface area contributed by atoms with Crippen molar-refractivity contribution in [3.63, 3.8) is 0 Å². The molecule has 1 N–H and O–H groups in total. The molecule has 0 unspecified atom stereocenters. The summed E-state index contributed by atoms with van der Waals surface area (Å²) in [4.78, 5) is 26.4. The second-order valence-corrected chi connectivity index (χ2v) is 6.83. The van der Waals surface area contributed by atoms with Gasteiger partial charge in [-0.1, -0.05) is 60.1 Å². The zero-order valence-electron chi connectivity index (χ0n) is 15.7. The lowest BCUT2D eigenvalue weighted by Crippen LogP contribution is -2.35. The number of halogens is 1. The lowest BCUT2D eigenvalue weighted by Gasteiger charge is -2.17. The van der Waals surface area contributed by atoms with E-state index in [4.69, 9.17) is 11.6 Å². The number of para-hydroxylation sites is 1. The molecule has 3 rings (SSSR count). The first kappa shape index (κ1) is 19.6. The number of benzene rings is 2. The van der Waals surface area contributed by atoms with Gasteiger partial charge in [0.1, 0.15) is 5.15 Å². The van der Waals surface area contributed by atoms with E-state index in [2.05, 4.69) is 10.4 Å². The van der Waals surface area contributed by atoms with Crippen molar-refractivity contribution in [3.8, 4) is 0 Å². The van der Waals surface area contributed by atoms with Crippen molar-refractivity contribution in [1.82, 2.24) is 14.7 Å². The van der Waals surface area contributed by atoms with E-state index in [-0.39, 0.29) is 23.5 Å². The van der Waals surface area contributed by atoms with E-state index in [1.807, 2.05) is 48.5 Å². The van der Waals surface area contributed by atoms with Gasteiger partial charge < -0.3 is 10.2 Å². The molecule has 2 amide bonds. The molecule has 28 heavy (non-hydrogen) atoms. The van der Waals surface area contributed by atoms with Crippen molar-refractivity contribution in [3.05, 3.63) is 82.6 Å². The fourth-order valence-corrected chi connectivity index (χ4v) is 3.17. The topological polar surface area (TPSA) is 67.2 Å². The van der Waals surface area contributed by atoms with Gasteiger partial charge in [-0.05, 0) is 24.6 Å². The Labute approximate surface area is 168 Å². The minimum Gasteiger partial charge on any atom is -0.332 e. The molecule has 1 heterocycles. The van der Waals surface area contributed by atoms with E-state index < -0.39 is 0 Å². The Balaban J connectivity index is 1.70. The molecule has 1 aromatic heterocycles. The maximum Gasteiger partial charge on any atom is 0.259 e. The van der Waals surface area contributed by atoms with Crippen LogP contribution in [0.15, 0.2) is 60.7 Å². The quantitative estimate of drug-likeness (QED) is 0.692. The largest absolute Gasteiger partial charge is 0.332 e. The fourth-order valence-electron chi connectivity index (χ4n) is 2.86. The molecule has 0 spiro atoms. The number of hydrogen-bond acceptors (Lipinski definition) is 3. The Morgan fingerprint density at radius 1 is 1.07 bits per heavy atom. The number of likely N-dealkylation sites (N-methyl/N-ethyl adjacent to an activating group) is 1. The normalized spacial score (nSPS) is 10.5. The molecular formula is C21H21ClN4O2. The van der Waals surface area contributed by atoms with E-state index in [1.165, 1.54) is 4.90 Å². The van der Waals surface area contributed by atoms with E-state index >= 15 is 0 Å². The summed E-state index contributed by atoms with van der Waals surface area (Å²) in [6.45, 7) is 2.11. The van der Waals surface area contributed by atoms with Gasteiger partial charge in [0.05, 0.1) is 24.3 Å². The Hall–Kier alpha value is -3.12. The average Bonchev–Trinajstić information content (AvgIpc) is 2.96. The molecule has 0 atom stereocenters. The highest BCUT2D eigenvalue weighted by Gasteiger charge is 2.24. The molecule has 0 radical (unpaired) electrons. The summed E-state index contributed by atoms with van der Waals surface area (Å²) in [5, 5.41) is 7.42. The van der Waals surface area contributed by atoms with Crippen LogP contribution in [-0.4, -0.2) is 40.1 Å². The molecule has 0 aliphatic heterocycles.